The van der Waals surface area contributed by atoms with E-state index in [-0.39, 0.29) is 28.9 Å². The summed E-state index contributed by atoms with van der Waals surface area (Å²) in [5, 5.41) is 3.36. The quantitative estimate of drug-likeness (QED) is 0.278. The lowest BCUT2D eigenvalue weighted by Crippen LogP contribution is -2.67. The molecule has 1 N–H and O–H groups in total. The molecule has 6 nitrogen and oxygen atoms in total. The summed E-state index contributed by atoms with van der Waals surface area (Å²) in [6.07, 6.45) is 8.20. The van der Waals surface area contributed by atoms with Crippen LogP contribution in [0.2, 0.25) is 0 Å². The number of ether oxygens (including phenoxy) is 2. The zero-order valence-corrected chi connectivity index (χ0v) is 22.6. The minimum atomic E-state index is -0.354. The number of likely N-dealkylation sites (tertiary alicyclic amines) is 1. The standard InChI is InChI=1S/C31H42N2O4/c1-24(34)37-28-15-10-14-26(21-28)30-19-20-33(2)23-31(30,36-3)18-17-27(22-30)32-29(35)16-9-5-8-13-25-11-6-4-7-12-25/h4,6-7,10-12,14-15,21,27H,5,8-9,13,16-20,22-23H2,1-3H3,(H,32,35)/t27-,30+,31+/m1/s1. The molecule has 1 heterocycles. The molecule has 1 saturated heterocycles. The van der Waals surface area contributed by atoms with E-state index in [9.17, 15) is 9.59 Å². The first-order chi connectivity index (χ1) is 17.9. The summed E-state index contributed by atoms with van der Waals surface area (Å²) in [6.45, 7) is 3.21. The number of carbonyl (C=O) groups excluding carboxylic acids is 2. The van der Waals surface area contributed by atoms with Crippen LogP contribution in [0.3, 0.4) is 0 Å². The van der Waals surface area contributed by atoms with E-state index in [0.717, 1.165) is 70.0 Å². The number of methoxy groups -OCH3 is 1. The third-order valence-corrected chi connectivity index (χ3v) is 8.43. The van der Waals surface area contributed by atoms with E-state index in [1.807, 2.05) is 31.4 Å². The Bertz CT molecular complexity index is 1060. The van der Waals surface area contributed by atoms with E-state index in [2.05, 4.69) is 47.6 Å². The van der Waals surface area contributed by atoms with Gasteiger partial charge in [-0.05, 0) is 81.8 Å². The molecule has 0 radical (unpaired) electrons. The average molecular weight is 507 g/mol. The maximum atomic E-state index is 12.9. The predicted molar refractivity (Wildman–Crippen MR) is 146 cm³/mol. The number of hydrogen-bond acceptors (Lipinski definition) is 5. The van der Waals surface area contributed by atoms with Gasteiger partial charge < -0.3 is 19.7 Å². The number of piperidine rings is 1. The molecule has 2 aromatic carbocycles. The Labute approximate surface area is 221 Å². The van der Waals surface area contributed by atoms with Crippen LogP contribution in [-0.4, -0.2) is 55.7 Å². The van der Waals surface area contributed by atoms with Crippen molar-refractivity contribution in [3.8, 4) is 5.75 Å². The molecule has 6 heteroatoms. The number of carbonyl (C=O) groups is 2. The topological polar surface area (TPSA) is 67.9 Å². The number of nitrogens with zero attached hydrogens (tertiary/aromatic N) is 1. The van der Waals surface area contributed by atoms with E-state index in [0.29, 0.717) is 12.2 Å². The van der Waals surface area contributed by atoms with Crippen LogP contribution in [0.4, 0.5) is 0 Å². The maximum absolute atomic E-state index is 12.9. The van der Waals surface area contributed by atoms with E-state index in [1.165, 1.54) is 12.5 Å². The van der Waals surface area contributed by atoms with Crippen molar-refractivity contribution >= 4 is 11.9 Å². The smallest absolute Gasteiger partial charge is 0.308 e. The van der Waals surface area contributed by atoms with Crippen molar-refractivity contribution in [3.63, 3.8) is 0 Å². The predicted octanol–water partition coefficient (Wildman–Crippen LogP) is 5.04. The van der Waals surface area contributed by atoms with Crippen LogP contribution in [0.1, 0.15) is 69.4 Å². The molecule has 1 amide bonds. The summed E-state index contributed by atoms with van der Waals surface area (Å²) in [7, 11) is 3.96. The number of amides is 1. The first-order valence-electron chi connectivity index (χ1n) is 13.7. The molecule has 0 bridgehead atoms. The van der Waals surface area contributed by atoms with E-state index in [4.69, 9.17) is 9.47 Å². The molecule has 0 unspecified atom stereocenters. The molecule has 0 aromatic heterocycles. The van der Waals surface area contributed by atoms with Crippen LogP contribution in [0.15, 0.2) is 54.6 Å². The number of aryl methyl sites for hydroxylation is 1. The van der Waals surface area contributed by atoms with Gasteiger partial charge in [-0.15, -0.1) is 0 Å². The number of rotatable bonds is 10. The van der Waals surface area contributed by atoms with Crippen molar-refractivity contribution in [2.45, 2.75) is 81.8 Å². The van der Waals surface area contributed by atoms with Crippen molar-refractivity contribution in [1.82, 2.24) is 10.2 Å². The Hall–Kier alpha value is -2.70. The Morgan fingerprint density at radius 1 is 1.05 bits per heavy atom. The lowest BCUT2D eigenvalue weighted by molar-refractivity contribution is -0.147. The van der Waals surface area contributed by atoms with Gasteiger partial charge in [0, 0.05) is 38.5 Å². The van der Waals surface area contributed by atoms with Crippen molar-refractivity contribution in [2.75, 3.05) is 27.2 Å². The van der Waals surface area contributed by atoms with Crippen molar-refractivity contribution in [2.24, 2.45) is 0 Å². The number of hydrogen-bond donors (Lipinski definition) is 1. The molecule has 1 aliphatic carbocycles. The average Bonchev–Trinajstić information content (AvgIpc) is 2.89. The van der Waals surface area contributed by atoms with E-state index >= 15 is 0 Å². The van der Waals surface area contributed by atoms with Crippen molar-refractivity contribution < 1.29 is 19.1 Å². The second-order valence-corrected chi connectivity index (χ2v) is 10.9. The highest BCUT2D eigenvalue weighted by Crippen LogP contribution is 2.53. The minimum Gasteiger partial charge on any atom is -0.427 e. The lowest BCUT2D eigenvalue weighted by atomic mass is 9.55. The van der Waals surface area contributed by atoms with Crippen molar-refractivity contribution in [1.29, 1.82) is 0 Å². The van der Waals surface area contributed by atoms with Crippen molar-refractivity contribution in [3.05, 3.63) is 65.7 Å². The second kappa shape index (κ2) is 12.2. The van der Waals surface area contributed by atoms with Gasteiger partial charge in [0.1, 0.15) is 5.75 Å². The summed E-state index contributed by atoms with van der Waals surface area (Å²) in [5.41, 5.74) is 1.86. The molecule has 4 rings (SSSR count). The molecule has 3 atom stereocenters. The molecule has 2 aromatic rings. The zero-order valence-electron chi connectivity index (χ0n) is 22.6. The van der Waals surface area contributed by atoms with Gasteiger partial charge in [0.15, 0.2) is 0 Å². The molecule has 2 aliphatic rings. The summed E-state index contributed by atoms with van der Waals surface area (Å²) >= 11 is 0. The molecular formula is C31H42N2O4. The fraction of sp³-hybridized carbons (Fsp3) is 0.548. The third kappa shape index (κ3) is 6.42. The summed E-state index contributed by atoms with van der Waals surface area (Å²) in [6, 6.07) is 18.5. The molecule has 1 saturated carbocycles. The van der Waals surface area contributed by atoms with Gasteiger partial charge in [-0.3, -0.25) is 9.59 Å². The Morgan fingerprint density at radius 2 is 1.86 bits per heavy atom. The number of likely N-dealkylation sites (N-methyl/N-ethyl adjacent to an activating group) is 1. The molecular weight excluding hydrogens is 464 g/mol. The normalized spacial score (nSPS) is 25.8. The zero-order chi connectivity index (χ0) is 26.3. The van der Waals surface area contributed by atoms with Crippen LogP contribution in [0.5, 0.6) is 5.75 Å². The summed E-state index contributed by atoms with van der Waals surface area (Å²) < 4.78 is 11.8. The van der Waals surface area contributed by atoms with Crippen LogP contribution >= 0.6 is 0 Å². The summed E-state index contributed by atoms with van der Waals surface area (Å²) in [5.74, 6) is 0.380. The number of fused-ring (bicyclic) bond motifs is 1. The maximum Gasteiger partial charge on any atom is 0.308 e. The molecule has 37 heavy (non-hydrogen) atoms. The Kier molecular flexibility index (Phi) is 9.04. The molecule has 1 aliphatic heterocycles. The first-order valence-corrected chi connectivity index (χ1v) is 13.7. The Balaban J connectivity index is 1.41. The fourth-order valence-electron chi connectivity index (χ4n) is 6.58. The van der Waals surface area contributed by atoms with Gasteiger partial charge in [-0.2, -0.15) is 0 Å². The van der Waals surface area contributed by atoms with Gasteiger partial charge in [0.25, 0.3) is 0 Å². The molecule has 0 spiro atoms. The molecule has 2 fully saturated rings. The number of benzene rings is 2. The van der Waals surface area contributed by atoms with Gasteiger partial charge in [0.2, 0.25) is 5.91 Å². The van der Waals surface area contributed by atoms with Crippen LogP contribution in [-0.2, 0) is 26.2 Å². The monoisotopic (exact) mass is 506 g/mol. The van der Waals surface area contributed by atoms with E-state index < -0.39 is 0 Å². The third-order valence-electron chi connectivity index (χ3n) is 8.43. The van der Waals surface area contributed by atoms with Crippen LogP contribution in [0, 0.1) is 0 Å². The fourth-order valence-corrected chi connectivity index (χ4v) is 6.58. The Morgan fingerprint density at radius 3 is 2.62 bits per heavy atom. The minimum absolute atomic E-state index is 0.0980. The van der Waals surface area contributed by atoms with Gasteiger partial charge >= 0.3 is 5.97 Å². The summed E-state index contributed by atoms with van der Waals surface area (Å²) in [4.78, 5) is 26.9. The largest absolute Gasteiger partial charge is 0.427 e. The van der Waals surface area contributed by atoms with E-state index in [1.54, 1.807) is 0 Å². The molecule has 200 valence electrons. The highest BCUT2D eigenvalue weighted by atomic mass is 16.5. The number of nitrogens with one attached hydrogen (secondary N) is 1. The highest BCUT2D eigenvalue weighted by molar-refractivity contribution is 5.76. The van der Waals surface area contributed by atoms with Gasteiger partial charge in [0.05, 0.1) is 5.60 Å². The number of esters is 1. The van der Waals surface area contributed by atoms with Crippen LogP contribution in [0.25, 0.3) is 0 Å². The lowest BCUT2D eigenvalue weighted by Gasteiger charge is -2.59. The van der Waals surface area contributed by atoms with Gasteiger partial charge in [-0.1, -0.05) is 48.9 Å². The van der Waals surface area contributed by atoms with Crippen LogP contribution < -0.4 is 10.1 Å². The number of unbranched alkanes of at least 4 members (excludes halogenated alkanes) is 2. The second-order valence-electron chi connectivity index (χ2n) is 10.9. The van der Waals surface area contributed by atoms with Gasteiger partial charge in [-0.25, -0.2) is 0 Å². The highest BCUT2D eigenvalue weighted by Gasteiger charge is 2.58. The SMILES string of the molecule is CO[C@]12CC[C@@H](NC(=O)CCCCCc3ccccc3)C[C@]1(c1cccc(OC(C)=O)c1)CCN(C)C2. The first kappa shape index (κ1) is 27.3.